The largest absolute Gasteiger partial charge is 0.465 e. The van der Waals surface area contributed by atoms with Crippen molar-refractivity contribution in [1.82, 2.24) is 20.0 Å². The fourth-order valence-electron chi connectivity index (χ4n) is 3.69. The minimum absolute atomic E-state index is 0.0252. The van der Waals surface area contributed by atoms with Gasteiger partial charge in [-0.3, -0.25) is 9.48 Å². The second kappa shape index (κ2) is 8.05. The van der Waals surface area contributed by atoms with E-state index in [0.717, 1.165) is 29.3 Å². The normalized spacial score (nSPS) is 20.3. The van der Waals surface area contributed by atoms with Gasteiger partial charge in [0.2, 0.25) is 5.91 Å². The van der Waals surface area contributed by atoms with Crippen LogP contribution < -0.4 is 5.32 Å². The zero-order chi connectivity index (χ0) is 18.7. The minimum atomic E-state index is 0.0252. The number of carbonyl (C=O) groups excluding carboxylic acids is 1. The fraction of sp³-hybridized carbons (Fsp3) is 0.579. The Kier molecular flexibility index (Phi) is 5.78. The van der Waals surface area contributed by atoms with Gasteiger partial charge in [-0.25, -0.2) is 0 Å². The van der Waals surface area contributed by atoms with Crippen molar-refractivity contribution in [2.24, 2.45) is 13.0 Å². The Morgan fingerprint density at radius 3 is 2.81 bits per heavy atom. The highest BCUT2D eigenvalue weighted by atomic mass is 16.5. The summed E-state index contributed by atoms with van der Waals surface area (Å²) in [6.07, 6.45) is 2.42. The Bertz CT molecular complexity index is 752. The molecule has 0 bridgehead atoms. The number of amides is 1. The molecule has 2 aromatic heterocycles. The predicted octanol–water partition coefficient (Wildman–Crippen LogP) is 1.96. The van der Waals surface area contributed by atoms with Gasteiger partial charge in [-0.05, 0) is 26.0 Å². The van der Waals surface area contributed by atoms with Crippen molar-refractivity contribution in [1.29, 1.82) is 0 Å². The van der Waals surface area contributed by atoms with Gasteiger partial charge in [0.1, 0.15) is 11.5 Å². The van der Waals surface area contributed by atoms with E-state index in [1.165, 1.54) is 0 Å². The molecular formula is C19H28N4O3. The molecule has 0 unspecified atom stereocenters. The molecule has 1 aliphatic heterocycles. The molecule has 2 atom stereocenters. The van der Waals surface area contributed by atoms with Gasteiger partial charge < -0.3 is 19.4 Å². The SMILES string of the molecule is COCCN1C(=O)C[C@@H](CNCc2ccc(C)o2)[C@@H]1c1cnn(C)c1C. The maximum absolute atomic E-state index is 12.6. The van der Waals surface area contributed by atoms with Crippen LogP contribution in [0.3, 0.4) is 0 Å². The highest BCUT2D eigenvalue weighted by Gasteiger charge is 2.41. The quantitative estimate of drug-likeness (QED) is 0.779. The minimum Gasteiger partial charge on any atom is -0.465 e. The van der Waals surface area contributed by atoms with E-state index in [1.807, 2.05) is 41.9 Å². The summed E-state index contributed by atoms with van der Waals surface area (Å²) in [6.45, 7) is 6.53. The molecule has 0 spiro atoms. The van der Waals surface area contributed by atoms with Crippen molar-refractivity contribution in [3.05, 3.63) is 41.1 Å². The first-order valence-electron chi connectivity index (χ1n) is 9.04. The van der Waals surface area contributed by atoms with Crippen LogP contribution in [0.25, 0.3) is 0 Å². The lowest BCUT2D eigenvalue weighted by Crippen LogP contribution is -2.34. The second-order valence-corrected chi connectivity index (χ2v) is 6.94. The molecule has 142 valence electrons. The molecule has 2 aromatic rings. The molecule has 0 saturated carbocycles. The number of rotatable bonds is 8. The lowest BCUT2D eigenvalue weighted by molar-refractivity contribution is -0.129. The third-order valence-corrected chi connectivity index (χ3v) is 5.17. The van der Waals surface area contributed by atoms with Gasteiger partial charge >= 0.3 is 0 Å². The number of ether oxygens (including phenoxy) is 1. The third-order valence-electron chi connectivity index (χ3n) is 5.17. The van der Waals surface area contributed by atoms with Crippen molar-refractivity contribution in [2.45, 2.75) is 32.9 Å². The van der Waals surface area contributed by atoms with Gasteiger partial charge in [-0.2, -0.15) is 5.10 Å². The van der Waals surface area contributed by atoms with E-state index in [1.54, 1.807) is 7.11 Å². The van der Waals surface area contributed by atoms with E-state index < -0.39 is 0 Å². The number of hydrogen-bond donors (Lipinski definition) is 1. The standard InChI is InChI=1S/C19H28N4O3/c1-13-5-6-16(26-13)11-20-10-15-9-18(24)23(7-8-25-4)19(15)17-12-21-22(3)14(17)2/h5-6,12,15,19-20H,7-11H2,1-4H3/t15-,19+/m0/s1. The molecule has 0 radical (unpaired) electrons. The molecule has 26 heavy (non-hydrogen) atoms. The summed E-state index contributed by atoms with van der Waals surface area (Å²) < 4.78 is 12.7. The summed E-state index contributed by atoms with van der Waals surface area (Å²) in [5.41, 5.74) is 2.22. The van der Waals surface area contributed by atoms with E-state index in [9.17, 15) is 4.79 Å². The number of hydrogen-bond acceptors (Lipinski definition) is 5. The van der Waals surface area contributed by atoms with Gasteiger partial charge in [-0.1, -0.05) is 0 Å². The lowest BCUT2D eigenvalue weighted by atomic mass is 9.94. The topological polar surface area (TPSA) is 72.5 Å². The molecule has 1 N–H and O–H groups in total. The molecule has 1 aliphatic rings. The second-order valence-electron chi connectivity index (χ2n) is 6.94. The number of aryl methyl sites for hydroxylation is 2. The van der Waals surface area contributed by atoms with Gasteiger partial charge in [0, 0.05) is 50.8 Å². The maximum Gasteiger partial charge on any atom is 0.223 e. The predicted molar refractivity (Wildman–Crippen MR) is 97.5 cm³/mol. The molecule has 1 fully saturated rings. The van der Waals surface area contributed by atoms with E-state index in [-0.39, 0.29) is 17.9 Å². The van der Waals surface area contributed by atoms with Gasteiger partial charge in [0.15, 0.2) is 0 Å². The smallest absolute Gasteiger partial charge is 0.223 e. The number of carbonyl (C=O) groups is 1. The van der Waals surface area contributed by atoms with Crippen molar-refractivity contribution in [3.63, 3.8) is 0 Å². The Morgan fingerprint density at radius 1 is 1.38 bits per heavy atom. The van der Waals surface area contributed by atoms with Crippen LogP contribution in [0, 0.1) is 19.8 Å². The first kappa shape index (κ1) is 18.7. The van der Waals surface area contributed by atoms with E-state index in [2.05, 4.69) is 17.3 Å². The summed E-state index contributed by atoms with van der Waals surface area (Å²) in [7, 11) is 3.59. The van der Waals surface area contributed by atoms with Crippen LogP contribution in [0.15, 0.2) is 22.7 Å². The van der Waals surface area contributed by atoms with Crippen LogP contribution in [-0.2, 0) is 23.1 Å². The molecule has 7 nitrogen and oxygen atoms in total. The summed E-state index contributed by atoms with van der Waals surface area (Å²) >= 11 is 0. The summed E-state index contributed by atoms with van der Waals surface area (Å²) in [4.78, 5) is 14.6. The number of methoxy groups -OCH3 is 1. The number of likely N-dealkylation sites (tertiary alicyclic amines) is 1. The van der Waals surface area contributed by atoms with Crippen molar-refractivity contribution in [3.8, 4) is 0 Å². The molecule has 1 saturated heterocycles. The molecule has 0 aromatic carbocycles. The van der Waals surface area contributed by atoms with Crippen LogP contribution in [0.4, 0.5) is 0 Å². The average Bonchev–Trinajstić information content (AvgIpc) is 3.26. The number of aromatic nitrogens is 2. The van der Waals surface area contributed by atoms with Gasteiger partial charge in [0.05, 0.1) is 25.4 Å². The van der Waals surface area contributed by atoms with Crippen LogP contribution >= 0.6 is 0 Å². The first-order valence-corrected chi connectivity index (χ1v) is 9.04. The number of furan rings is 1. The van der Waals surface area contributed by atoms with Gasteiger partial charge in [0.25, 0.3) is 0 Å². The van der Waals surface area contributed by atoms with Crippen LogP contribution in [-0.4, -0.2) is 47.4 Å². The molecule has 0 aliphatic carbocycles. The lowest BCUT2D eigenvalue weighted by Gasteiger charge is -2.28. The van der Waals surface area contributed by atoms with E-state index >= 15 is 0 Å². The van der Waals surface area contributed by atoms with Crippen LogP contribution in [0.2, 0.25) is 0 Å². The molecule has 1 amide bonds. The molecular weight excluding hydrogens is 332 g/mol. The monoisotopic (exact) mass is 360 g/mol. The van der Waals surface area contributed by atoms with Crippen LogP contribution in [0.5, 0.6) is 0 Å². The summed E-state index contributed by atoms with van der Waals surface area (Å²) in [5.74, 6) is 2.19. The Hall–Kier alpha value is -2.12. The van der Waals surface area contributed by atoms with Crippen LogP contribution in [0.1, 0.15) is 35.2 Å². The van der Waals surface area contributed by atoms with Crippen molar-refractivity contribution < 1.29 is 13.9 Å². The highest BCUT2D eigenvalue weighted by Crippen LogP contribution is 2.38. The summed E-state index contributed by atoms with van der Waals surface area (Å²) in [6, 6.07) is 3.97. The average molecular weight is 360 g/mol. The maximum atomic E-state index is 12.6. The third kappa shape index (κ3) is 3.83. The van der Waals surface area contributed by atoms with Gasteiger partial charge in [-0.15, -0.1) is 0 Å². The first-order chi connectivity index (χ1) is 12.5. The van der Waals surface area contributed by atoms with Crippen molar-refractivity contribution in [2.75, 3.05) is 26.8 Å². The van der Waals surface area contributed by atoms with E-state index in [4.69, 9.17) is 9.15 Å². The molecule has 7 heteroatoms. The highest BCUT2D eigenvalue weighted by molar-refractivity contribution is 5.79. The number of nitrogens with one attached hydrogen (secondary N) is 1. The van der Waals surface area contributed by atoms with Crippen molar-refractivity contribution >= 4 is 5.91 Å². The molecule has 3 heterocycles. The van der Waals surface area contributed by atoms with E-state index in [0.29, 0.717) is 26.1 Å². The molecule has 3 rings (SSSR count). The number of nitrogens with zero attached hydrogens (tertiary/aromatic N) is 3. The Labute approximate surface area is 154 Å². The Morgan fingerprint density at radius 2 is 2.19 bits per heavy atom. The fourth-order valence-corrected chi connectivity index (χ4v) is 3.69. The Balaban J connectivity index is 1.73. The zero-order valence-electron chi connectivity index (χ0n) is 16.0. The zero-order valence-corrected chi connectivity index (χ0v) is 16.0. The summed E-state index contributed by atoms with van der Waals surface area (Å²) in [5, 5.41) is 7.83.